The van der Waals surface area contributed by atoms with E-state index in [-0.39, 0.29) is 11.9 Å². The first-order valence-electron chi connectivity index (χ1n) is 9.01. The van der Waals surface area contributed by atoms with Gasteiger partial charge >= 0.3 is 0 Å². The normalized spacial score (nSPS) is 13.2. The maximum atomic E-state index is 12.3. The highest BCUT2D eigenvalue weighted by atomic mass is 16.4. The summed E-state index contributed by atoms with van der Waals surface area (Å²) >= 11 is 0. The van der Waals surface area contributed by atoms with Gasteiger partial charge in [0.25, 0.3) is 11.8 Å². The van der Waals surface area contributed by atoms with Gasteiger partial charge in [-0.25, -0.2) is 0 Å². The first-order valence-corrected chi connectivity index (χ1v) is 9.01. The van der Waals surface area contributed by atoms with Crippen LogP contribution in [-0.2, 0) is 4.79 Å². The van der Waals surface area contributed by atoms with Gasteiger partial charge in [-0.15, -0.1) is 10.2 Å². The lowest BCUT2D eigenvalue weighted by atomic mass is 10.1. The molecule has 0 fully saturated rings. The molecule has 1 heterocycles. The second kappa shape index (κ2) is 8.14. The molecule has 2 N–H and O–H groups in total. The number of anilines is 1. The van der Waals surface area contributed by atoms with E-state index in [1.165, 1.54) is 0 Å². The first kappa shape index (κ1) is 18.8. The third kappa shape index (κ3) is 4.80. The number of nitrogens with zero attached hydrogens (tertiary/aromatic N) is 2. The predicted molar refractivity (Wildman–Crippen MR) is 104 cm³/mol. The number of carbonyl (C=O) groups is 1. The fourth-order valence-corrected chi connectivity index (χ4v) is 2.76. The van der Waals surface area contributed by atoms with Gasteiger partial charge in [0.05, 0.1) is 7.05 Å². The van der Waals surface area contributed by atoms with Crippen LogP contribution in [0.4, 0.5) is 5.69 Å². The SMILES string of the molecule is Cc1ccc(NC(=O)C[NH+](C)[C@@H](C)c2nnc(-c3cccc(C)c3)o2)cc1. The molecule has 0 aliphatic heterocycles. The van der Waals surface area contributed by atoms with Gasteiger partial charge in [0.2, 0.25) is 5.89 Å². The van der Waals surface area contributed by atoms with Crippen LogP contribution in [0.25, 0.3) is 11.5 Å². The highest BCUT2D eigenvalue weighted by Crippen LogP contribution is 2.20. The Kier molecular flexibility index (Phi) is 5.66. The van der Waals surface area contributed by atoms with Crippen LogP contribution in [0.15, 0.2) is 52.9 Å². The Morgan fingerprint density at radius 3 is 2.56 bits per heavy atom. The number of benzene rings is 2. The van der Waals surface area contributed by atoms with Crippen LogP contribution in [0.1, 0.15) is 30.0 Å². The number of likely N-dealkylation sites (N-methyl/N-ethyl adjacent to an activating group) is 1. The Balaban J connectivity index is 1.62. The van der Waals surface area contributed by atoms with E-state index in [0.29, 0.717) is 18.3 Å². The molecule has 1 amide bonds. The summed E-state index contributed by atoms with van der Waals surface area (Å²) in [6.45, 7) is 6.31. The number of amides is 1. The summed E-state index contributed by atoms with van der Waals surface area (Å²) in [5, 5.41) is 11.2. The Morgan fingerprint density at radius 1 is 1.11 bits per heavy atom. The highest BCUT2D eigenvalue weighted by molar-refractivity contribution is 5.91. The van der Waals surface area contributed by atoms with E-state index in [4.69, 9.17) is 4.42 Å². The number of aromatic nitrogens is 2. The molecule has 27 heavy (non-hydrogen) atoms. The molecule has 0 saturated heterocycles. The molecule has 0 aliphatic carbocycles. The van der Waals surface area contributed by atoms with Crippen LogP contribution >= 0.6 is 0 Å². The van der Waals surface area contributed by atoms with Crippen molar-refractivity contribution < 1.29 is 14.1 Å². The molecule has 0 spiro atoms. The quantitative estimate of drug-likeness (QED) is 0.704. The molecule has 0 bridgehead atoms. The van der Waals surface area contributed by atoms with Crippen molar-refractivity contribution in [1.82, 2.24) is 10.2 Å². The summed E-state index contributed by atoms with van der Waals surface area (Å²) in [6, 6.07) is 15.6. The van der Waals surface area contributed by atoms with E-state index >= 15 is 0 Å². The van der Waals surface area contributed by atoms with Gasteiger partial charge < -0.3 is 14.6 Å². The highest BCUT2D eigenvalue weighted by Gasteiger charge is 2.24. The van der Waals surface area contributed by atoms with Crippen molar-refractivity contribution in [3.05, 3.63) is 65.5 Å². The van der Waals surface area contributed by atoms with Gasteiger partial charge in [0, 0.05) is 11.3 Å². The predicted octanol–water partition coefficient (Wildman–Crippen LogP) is 2.57. The number of hydrogen-bond acceptors (Lipinski definition) is 4. The van der Waals surface area contributed by atoms with Crippen LogP contribution < -0.4 is 10.2 Å². The van der Waals surface area contributed by atoms with Gasteiger partial charge in [-0.2, -0.15) is 0 Å². The topological polar surface area (TPSA) is 72.5 Å². The minimum Gasteiger partial charge on any atom is -0.415 e. The first-order chi connectivity index (χ1) is 12.9. The third-order valence-corrected chi connectivity index (χ3v) is 4.59. The fourth-order valence-electron chi connectivity index (χ4n) is 2.76. The smallest absolute Gasteiger partial charge is 0.279 e. The molecule has 3 rings (SSSR count). The van der Waals surface area contributed by atoms with Crippen LogP contribution in [0.3, 0.4) is 0 Å². The Bertz CT molecular complexity index is 918. The van der Waals surface area contributed by atoms with Crippen molar-refractivity contribution in [2.45, 2.75) is 26.8 Å². The average molecular weight is 365 g/mol. The largest absolute Gasteiger partial charge is 0.415 e. The number of quaternary nitrogens is 1. The fraction of sp³-hybridized carbons (Fsp3) is 0.286. The molecule has 3 aromatic rings. The van der Waals surface area contributed by atoms with Gasteiger partial charge in [-0.05, 0) is 45.0 Å². The number of carbonyl (C=O) groups excluding carboxylic acids is 1. The summed E-state index contributed by atoms with van der Waals surface area (Å²) in [5.41, 5.74) is 3.99. The molecule has 2 atom stereocenters. The van der Waals surface area contributed by atoms with Crippen molar-refractivity contribution in [3.63, 3.8) is 0 Å². The number of aryl methyl sites for hydroxylation is 2. The molecular formula is C21H25N4O2+. The molecule has 6 heteroatoms. The van der Waals surface area contributed by atoms with E-state index in [2.05, 4.69) is 15.5 Å². The van der Waals surface area contributed by atoms with Gasteiger partial charge in [0.1, 0.15) is 0 Å². The molecule has 140 valence electrons. The molecular weight excluding hydrogens is 340 g/mol. The summed E-state index contributed by atoms with van der Waals surface area (Å²) in [5.74, 6) is 0.964. The lowest BCUT2D eigenvalue weighted by Gasteiger charge is -2.18. The van der Waals surface area contributed by atoms with E-state index in [1.807, 2.05) is 76.3 Å². The van der Waals surface area contributed by atoms with Gasteiger partial charge in [-0.1, -0.05) is 35.4 Å². The lowest BCUT2D eigenvalue weighted by Crippen LogP contribution is -3.10. The maximum Gasteiger partial charge on any atom is 0.279 e. The zero-order valence-corrected chi connectivity index (χ0v) is 16.1. The monoisotopic (exact) mass is 365 g/mol. The Hall–Kier alpha value is -2.99. The molecule has 0 saturated carbocycles. The minimum absolute atomic E-state index is 0.0540. The van der Waals surface area contributed by atoms with Crippen molar-refractivity contribution in [2.24, 2.45) is 0 Å². The van der Waals surface area contributed by atoms with Gasteiger partial charge in [-0.3, -0.25) is 4.79 Å². The zero-order valence-electron chi connectivity index (χ0n) is 16.1. The van der Waals surface area contributed by atoms with E-state index in [1.54, 1.807) is 0 Å². The van der Waals surface area contributed by atoms with E-state index in [9.17, 15) is 4.79 Å². The molecule has 1 aromatic heterocycles. The van der Waals surface area contributed by atoms with Gasteiger partial charge in [0.15, 0.2) is 12.6 Å². The van der Waals surface area contributed by atoms with E-state index < -0.39 is 0 Å². The van der Waals surface area contributed by atoms with Crippen LogP contribution in [0, 0.1) is 13.8 Å². The molecule has 1 unspecified atom stereocenters. The molecule has 0 aliphatic rings. The Morgan fingerprint density at radius 2 is 1.85 bits per heavy atom. The second-order valence-corrected chi connectivity index (χ2v) is 6.97. The molecule has 2 aromatic carbocycles. The molecule has 6 nitrogen and oxygen atoms in total. The van der Waals surface area contributed by atoms with Crippen LogP contribution in [0.2, 0.25) is 0 Å². The zero-order chi connectivity index (χ0) is 19.4. The number of hydrogen-bond donors (Lipinski definition) is 2. The van der Waals surface area contributed by atoms with E-state index in [0.717, 1.165) is 27.3 Å². The van der Waals surface area contributed by atoms with Crippen LogP contribution in [-0.4, -0.2) is 29.7 Å². The number of rotatable bonds is 6. The second-order valence-electron chi connectivity index (χ2n) is 6.97. The lowest BCUT2D eigenvalue weighted by molar-refractivity contribution is -0.903. The van der Waals surface area contributed by atoms with Crippen molar-refractivity contribution in [2.75, 3.05) is 18.9 Å². The van der Waals surface area contributed by atoms with Crippen molar-refractivity contribution in [3.8, 4) is 11.5 Å². The summed E-state index contributed by atoms with van der Waals surface area (Å²) in [4.78, 5) is 13.3. The standard InChI is InChI=1S/C21H24N4O2/c1-14-8-10-18(11-9-14)22-19(26)13-25(4)16(3)20-23-24-21(27-20)17-7-5-6-15(2)12-17/h5-12,16H,13H2,1-4H3,(H,22,26)/p+1/t16-/m0/s1. The van der Waals surface area contributed by atoms with Crippen molar-refractivity contribution in [1.29, 1.82) is 0 Å². The Labute approximate surface area is 159 Å². The summed E-state index contributed by atoms with van der Waals surface area (Å²) in [6.07, 6.45) is 0. The average Bonchev–Trinajstić information content (AvgIpc) is 3.13. The number of nitrogens with one attached hydrogen (secondary N) is 2. The minimum atomic E-state index is -0.0974. The maximum absolute atomic E-state index is 12.3. The summed E-state index contributed by atoms with van der Waals surface area (Å²) in [7, 11) is 1.94. The third-order valence-electron chi connectivity index (χ3n) is 4.59. The summed E-state index contributed by atoms with van der Waals surface area (Å²) < 4.78 is 5.85. The molecule has 0 radical (unpaired) electrons. The van der Waals surface area contributed by atoms with Crippen LogP contribution in [0.5, 0.6) is 0 Å². The van der Waals surface area contributed by atoms with Crippen molar-refractivity contribution >= 4 is 11.6 Å².